The van der Waals surface area contributed by atoms with Crippen molar-refractivity contribution in [2.75, 3.05) is 14.1 Å². The van der Waals surface area contributed by atoms with Gasteiger partial charge in [-0.05, 0) is 37.7 Å². The lowest BCUT2D eigenvalue weighted by atomic mass is 9.86. The predicted octanol–water partition coefficient (Wildman–Crippen LogP) is 2.75. The highest BCUT2D eigenvalue weighted by molar-refractivity contribution is 5.82. The summed E-state index contributed by atoms with van der Waals surface area (Å²) in [5, 5.41) is 3.36. The summed E-state index contributed by atoms with van der Waals surface area (Å²) in [5.41, 5.74) is 3.49. The number of benzene rings is 2. The van der Waals surface area contributed by atoms with Crippen LogP contribution in [0.15, 0.2) is 54.6 Å². The van der Waals surface area contributed by atoms with Crippen LogP contribution in [0.2, 0.25) is 0 Å². The Balaban J connectivity index is 1.95. The smallest absolute Gasteiger partial charge is 0.237 e. The van der Waals surface area contributed by atoms with Crippen LogP contribution in [0.25, 0.3) is 0 Å². The summed E-state index contributed by atoms with van der Waals surface area (Å²) in [7, 11) is 3.87. The summed E-state index contributed by atoms with van der Waals surface area (Å²) >= 11 is 0. The molecule has 3 nitrogen and oxygen atoms in total. The lowest BCUT2D eigenvalue weighted by Crippen LogP contribution is -2.52. The normalized spacial score (nSPS) is 16.9. The molecule has 2 aromatic carbocycles. The van der Waals surface area contributed by atoms with Gasteiger partial charge in [0.1, 0.15) is 0 Å². The number of fused-ring (bicyclic) bond motifs is 1. The summed E-state index contributed by atoms with van der Waals surface area (Å²) in [6.07, 6.45) is 1.69. The molecule has 0 heterocycles. The van der Waals surface area contributed by atoms with E-state index in [1.54, 1.807) is 0 Å². The van der Waals surface area contributed by atoms with Gasteiger partial charge in [-0.1, -0.05) is 54.6 Å². The Morgan fingerprint density at radius 2 is 1.52 bits per heavy atom. The zero-order valence-corrected chi connectivity index (χ0v) is 14.0. The lowest BCUT2D eigenvalue weighted by molar-refractivity contribution is -0.127. The molecule has 0 saturated carbocycles. The quantitative estimate of drug-likeness (QED) is 0.942. The third-order valence-corrected chi connectivity index (χ3v) is 4.95. The Labute approximate surface area is 138 Å². The number of hydrogen-bond acceptors (Lipinski definition) is 2. The fourth-order valence-electron chi connectivity index (χ4n) is 3.31. The van der Waals surface area contributed by atoms with Gasteiger partial charge in [0.2, 0.25) is 5.91 Å². The molecule has 2 aromatic rings. The minimum atomic E-state index is -0.341. The van der Waals surface area contributed by atoms with E-state index in [0.717, 1.165) is 12.8 Å². The van der Waals surface area contributed by atoms with E-state index in [0.29, 0.717) is 0 Å². The molecular weight excluding hydrogens is 284 g/mol. The summed E-state index contributed by atoms with van der Waals surface area (Å²) < 4.78 is 0. The minimum Gasteiger partial charge on any atom is -0.345 e. The maximum atomic E-state index is 12.7. The Hall–Kier alpha value is -2.13. The molecule has 0 fully saturated rings. The highest BCUT2D eigenvalue weighted by atomic mass is 16.2. The van der Waals surface area contributed by atoms with Crippen molar-refractivity contribution in [1.29, 1.82) is 0 Å². The summed E-state index contributed by atoms with van der Waals surface area (Å²) in [6.45, 7) is 1.94. The Morgan fingerprint density at radius 3 is 2.04 bits per heavy atom. The second kappa shape index (κ2) is 6.17. The van der Waals surface area contributed by atoms with Gasteiger partial charge in [-0.3, -0.25) is 9.69 Å². The molecule has 0 saturated heterocycles. The van der Waals surface area contributed by atoms with E-state index in [1.807, 2.05) is 44.1 Å². The molecule has 0 spiro atoms. The fraction of sp³-hybridized carbons (Fsp3) is 0.350. The highest BCUT2D eigenvalue weighted by Gasteiger charge is 2.40. The second-order valence-electron chi connectivity index (χ2n) is 6.70. The van der Waals surface area contributed by atoms with Crippen molar-refractivity contribution >= 4 is 5.91 Å². The molecule has 1 aliphatic rings. The Bertz CT molecular complexity index is 669. The average molecular weight is 308 g/mol. The number of nitrogens with zero attached hydrogens (tertiary/aromatic N) is 1. The van der Waals surface area contributed by atoms with Crippen molar-refractivity contribution in [2.45, 2.75) is 31.3 Å². The summed E-state index contributed by atoms with van der Waals surface area (Å²) in [4.78, 5) is 14.7. The molecule has 0 aromatic heterocycles. The van der Waals surface area contributed by atoms with Gasteiger partial charge in [-0.2, -0.15) is 0 Å². The van der Waals surface area contributed by atoms with Crippen LogP contribution in [0.3, 0.4) is 0 Å². The Morgan fingerprint density at radius 1 is 1.00 bits per heavy atom. The van der Waals surface area contributed by atoms with E-state index in [-0.39, 0.29) is 17.5 Å². The van der Waals surface area contributed by atoms with Gasteiger partial charge in [0.15, 0.2) is 0 Å². The van der Waals surface area contributed by atoms with Gasteiger partial charge in [0.05, 0.1) is 11.6 Å². The number of amides is 1. The van der Waals surface area contributed by atoms with Crippen LogP contribution in [0, 0.1) is 0 Å². The molecule has 0 radical (unpaired) electrons. The third-order valence-electron chi connectivity index (χ3n) is 4.95. The van der Waals surface area contributed by atoms with Crippen LogP contribution in [-0.4, -0.2) is 30.9 Å². The zero-order valence-electron chi connectivity index (χ0n) is 14.0. The molecule has 1 aliphatic carbocycles. The van der Waals surface area contributed by atoms with Crippen molar-refractivity contribution < 1.29 is 4.79 Å². The van der Waals surface area contributed by atoms with Crippen LogP contribution in [-0.2, 0) is 23.2 Å². The molecule has 3 rings (SSSR count). The van der Waals surface area contributed by atoms with Gasteiger partial charge in [0.25, 0.3) is 0 Å². The topological polar surface area (TPSA) is 32.3 Å². The lowest BCUT2D eigenvalue weighted by Gasteiger charge is -2.33. The van der Waals surface area contributed by atoms with Crippen molar-refractivity contribution in [3.63, 3.8) is 0 Å². The maximum absolute atomic E-state index is 12.7. The number of carbonyl (C=O) groups is 1. The van der Waals surface area contributed by atoms with E-state index < -0.39 is 0 Å². The van der Waals surface area contributed by atoms with Gasteiger partial charge in [-0.15, -0.1) is 0 Å². The average Bonchev–Trinajstić information content (AvgIpc) is 2.94. The van der Waals surface area contributed by atoms with Gasteiger partial charge >= 0.3 is 0 Å². The highest BCUT2D eigenvalue weighted by Crippen LogP contribution is 2.37. The molecular formula is C20H24N2O. The molecule has 1 unspecified atom stereocenters. The molecule has 120 valence electrons. The van der Waals surface area contributed by atoms with Gasteiger partial charge in [0, 0.05) is 12.8 Å². The number of rotatable bonds is 4. The van der Waals surface area contributed by atoms with Crippen molar-refractivity contribution in [2.24, 2.45) is 0 Å². The molecule has 23 heavy (non-hydrogen) atoms. The van der Waals surface area contributed by atoms with Crippen LogP contribution >= 0.6 is 0 Å². The van der Waals surface area contributed by atoms with Crippen LogP contribution in [0.1, 0.15) is 23.6 Å². The van der Waals surface area contributed by atoms with E-state index in [2.05, 4.69) is 41.7 Å². The second-order valence-corrected chi connectivity index (χ2v) is 6.70. The largest absolute Gasteiger partial charge is 0.345 e. The van der Waals surface area contributed by atoms with Gasteiger partial charge < -0.3 is 5.32 Å². The standard InChI is InChI=1S/C20H24N2O/c1-15(22(2)3)19(23)21-20(18-11-5-4-6-12-18)13-16-9-7-8-10-17(16)14-20/h4-12,15H,13-14H2,1-3H3,(H,21,23). The summed E-state index contributed by atoms with van der Waals surface area (Å²) in [6, 6.07) is 18.7. The van der Waals surface area contributed by atoms with Crippen molar-refractivity contribution in [1.82, 2.24) is 10.2 Å². The van der Waals surface area contributed by atoms with Crippen LogP contribution in [0.4, 0.5) is 0 Å². The Kier molecular flexibility index (Phi) is 4.22. The molecule has 1 amide bonds. The molecule has 0 aliphatic heterocycles. The number of hydrogen-bond donors (Lipinski definition) is 1. The van der Waals surface area contributed by atoms with Gasteiger partial charge in [-0.25, -0.2) is 0 Å². The zero-order chi connectivity index (χ0) is 16.4. The molecule has 0 bridgehead atoms. The SMILES string of the molecule is CC(C(=O)NC1(c2ccccc2)Cc2ccccc2C1)N(C)C. The van der Waals surface area contributed by atoms with E-state index in [1.165, 1.54) is 16.7 Å². The monoisotopic (exact) mass is 308 g/mol. The van der Waals surface area contributed by atoms with Crippen LogP contribution < -0.4 is 5.32 Å². The van der Waals surface area contributed by atoms with Crippen molar-refractivity contribution in [3.8, 4) is 0 Å². The first-order chi connectivity index (χ1) is 11.0. The predicted molar refractivity (Wildman–Crippen MR) is 93.3 cm³/mol. The van der Waals surface area contributed by atoms with E-state index >= 15 is 0 Å². The van der Waals surface area contributed by atoms with E-state index in [9.17, 15) is 4.79 Å². The first-order valence-corrected chi connectivity index (χ1v) is 8.13. The number of nitrogens with one attached hydrogen (secondary N) is 1. The molecule has 1 atom stereocenters. The van der Waals surface area contributed by atoms with Crippen molar-refractivity contribution in [3.05, 3.63) is 71.3 Å². The van der Waals surface area contributed by atoms with Crippen LogP contribution in [0.5, 0.6) is 0 Å². The first-order valence-electron chi connectivity index (χ1n) is 8.13. The number of carbonyl (C=O) groups excluding carboxylic acids is 1. The fourth-order valence-corrected chi connectivity index (χ4v) is 3.31. The number of likely N-dealkylation sites (N-methyl/N-ethyl adjacent to an activating group) is 1. The minimum absolute atomic E-state index is 0.0756. The third kappa shape index (κ3) is 3.02. The molecule has 3 heteroatoms. The van der Waals surface area contributed by atoms with E-state index in [4.69, 9.17) is 0 Å². The molecule has 1 N–H and O–H groups in total. The first kappa shape index (κ1) is 15.8. The maximum Gasteiger partial charge on any atom is 0.237 e. The summed E-state index contributed by atoms with van der Waals surface area (Å²) in [5.74, 6) is 0.0756.